The normalized spacial score (nSPS) is 28.5. The highest BCUT2D eigenvalue weighted by atomic mass is 14.7. The number of aromatic nitrogens is 1. The lowest BCUT2D eigenvalue weighted by molar-refractivity contribution is 0.320. The van der Waals surface area contributed by atoms with Gasteiger partial charge in [0.05, 0.1) is 23.9 Å². The van der Waals surface area contributed by atoms with Gasteiger partial charge >= 0.3 is 0 Å². The molecule has 1 heterocycles. The molecule has 112 valence electrons. The van der Waals surface area contributed by atoms with Gasteiger partial charge in [0.1, 0.15) is 5.92 Å². The van der Waals surface area contributed by atoms with E-state index in [9.17, 15) is 15.8 Å². The Morgan fingerprint density at radius 3 is 2.65 bits per heavy atom. The monoisotopic (exact) mass is 301 g/mol. The van der Waals surface area contributed by atoms with Gasteiger partial charge in [-0.25, -0.2) is 0 Å². The number of pyridine rings is 1. The van der Waals surface area contributed by atoms with E-state index in [-0.39, 0.29) is 11.6 Å². The first kappa shape index (κ1) is 14.9. The minimum absolute atomic E-state index is 0.0639. The molecular formula is C18H15N5. The van der Waals surface area contributed by atoms with Gasteiger partial charge in [0.15, 0.2) is 5.41 Å². The molecule has 0 bridgehead atoms. The molecule has 1 saturated carbocycles. The smallest absolute Gasteiger partial charge is 0.189 e. The molecule has 23 heavy (non-hydrogen) atoms. The third-order valence-electron chi connectivity index (χ3n) is 4.97. The standard InChI is InChI=1S/C18H15N5/c19-8-15-13-5-1-2-6-14(13)16(12-4-3-7-23-9-12)18(10-20,11-21)17(15)22/h3-5,7,9,14-16,22H,1-2,6H2/t14-,15+,16-/m1/s1. The Balaban J connectivity index is 2.26. The van der Waals surface area contributed by atoms with Crippen molar-refractivity contribution in [3.8, 4) is 18.2 Å². The lowest BCUT2D eigenvalue weighted by Crippen LogP contribution is -2.48. The summed E-state index contributed by atoms with van der Waals surface area (Å²) in [6.45, 7) is 0. The number of rotatable bonds is 1. The van der Waals surface area contributed by atoms with E-state index in [0.717, 1.165) is 30.4 Å². The lowest BCUT2D eigenvalue weighted by Gasteiger charge is -2.45. The third-order valence-corrected chi connectivity index (χ3v) is 4.97. The third kappa shape index (κ3) is 2.04. The Labute approximate surface area is 135 Å². The van der Waals surface area contributed by atoms with Gasteiger partial charge in [-0.2, -0.15) is 15.8 Å². The minimum atomic E-state index is -1.61. The number of nitrogens with one attached hydrogen (secondary N) is 1. The average Bonchev–Trinajstić information content (AvgIpc) is 2.61. The zero-order valence-corrected chi connectivity index (χ0v) is 12.5. The van der Waals surface area contributed by atoms with Gasteiger partial charge in [0.2, 0.25) is 0 Å². The van der Waals surface area contributed by atoms with Crippen LogP contribution in [0.25, 0.3) is 0 Å². The van der Waals surface area contributed by atoms with Crippen LogP contribution >= 0.6 is 0 Å². The van der Waals surface area contributed by atoms with Crippen LogP contribution in [0, 0.1) is 56.7 Å². The average molecular weight is 301 g/mol. The molecular weight excluding hydrogens is 286 g/mol. The fraction of sp³-hybridized carbons (Fsp3) is 0.389. The SMILES string of the molecule is N#C[C@@H]1C(=N)C(C#N)(C#N)[C@H](c2cccnc2)[C@@H]2CCCC=C12. The van der Waals surface area contributed by atoms with Crippen molar-refractivity contribution in [3.05, 3.63) is 41.7 Å². The van der Waals surface area contributed by atoms with Crippen LogP contribution in [-0.4, -0.2) is 10.7 Å². The first-order valence-corrected chi connectivity index (χ1v) is 7.60. The maximum Gasteiger partial charge on any atom is 0.189 e. The number of fused-ring (bicyclic) bond motifs is 1. The molecule has 1 fully saturated rings. The van der Waals surface area contributed by atoms with Crippen LogP contribution < -0.4 is 0 Å². The van der Waals surface area contributed by atoms with Crippen LogP contribution in [0.4, 0.5) is 0 Å². The predicted octanol–water partition coefficient (Wildman–Crippen LogP) is 3.10. The maximum atomic E-state index is 9.78. The predicted molar refractivity (Wildman–Crippen MR) is 82.9 cm³/mol. The second-order valence-electron chi connectivity index (χ2n) is 6.01. The van der Waals surface area contributed by atoms with Gasteiger partial charge in [-0.05, 0) is 42.4 Å². The van der Waals surface area contributed by atoms with E-state index in [2.05, 4.69) is 23.2 Å². The van der Waals surface area contributed by atoms with Crippen LogP contribution in [0.1, 0.15) is 30.7 Å². The Bertz CT molecular complexity index is 773. The molecule has 2 aliphatic carbocycles. The van der Waals surface area contributed by atoms with Crippen LogP contribution in [0.5, 0.6) is 0 Å². The quantitative estimate of drug-likeness (QED) is 0.804. The van der Waals surface area contributed by atoms with Gasteiger partial charge in [-0.15, -0.1) is 0 Å². The van der Waals surface area contributed by atoms with Gasteiger partial charge < -0.3 is 5.41 Å². The highest BCUT2D eigenvalue weighted by molar-refractivity contribution is 6.00. The molecule has 3 atom stereocenters. The van der Waals surface area contributed by atoms with Gasteiger partial charge in [-0.1, -0.05) is 12.1 Å². The molecule has 1 N–H and O–H groups in total. The molecule has 0 spiro atoms. The largest absolute Gasteiger partial charge is 0.305 e. The Morgan fingerprint density at radius 1 is 1.26 bits per heavy atom. The van der Waals surface area contributed by atoms with Gasteiger partial charge in [0.25, 0.3) is 0 Å². The Morgan fingerprint density at radius 2 is 2.04 bits per heavy atom. The molecule has 3 rings (SSSR count). The van der Waals surface area contributed by atoms with E-state index in [1.807, 2.05) is 12.1 Å². The number of nitrogens with zero attached hydrogens (tertiary/aromatic N) is 4. The summed E-state index contributed by atoms with van der Waals surface area (Å²) in [6.07, 6.45) is 8.00. The molecule has 2 aliphatic rings. The van der Waals surface area contributed by atoms with Crippen molar-refractivity contribution in [2.45, 2.75) is 25.2 Å². The summed E-state index contributed by atoms with van der Waals surface area (Å²) >= 11 is 0. The fourth-order valence-corrected chi connectivity index (χ4v) is 3.95. The van der Waals surface area contributed by atoms with Crippen molar-refractivity contribution >= 4 is 5.71 Å². The van der Waals surface area contributed by atoms with E-state index >= 15 is 0 Å². The fourth-order valence-electron chi connectivity index (χ4n) is 3.95. The summed E-state index contributed by atoms with van der Waals surface area (Å²) in [5.74, 6) is -1.28. The van der Waals surface area contributed by atoms with E-state index in [0.29, 0.717) is 0 Å². The second kappa shape index (κ2) is 5.67. The second-order valence-corrected chi connectivity index (χ2v) is 6.01. The summed E-state index contributed by atoms with van der Waals surface area (Å²) in [5, 5.41) is 37.5. The van der Waals surface area contributed by atoms with Crippen LogP contribution in [0.15, 0.2) is 36.2 Å². The van der Waals surface area contributed by atoms with Crippen molar-refractivity contribution < 1.29 is 0 Å². The molecule has 0 aliphatic heterocycles. The van der Waals surface area contributed by atoms with Crippen molar-refractivity contribution in [1.82, 2.24) is 4.98 Å². The highest BCUT2D eigenvalue weighted by Gasteiger charge is 2.57. The summed E-state index contributed by atoms with van der Waals surface area (Å²) in [4.78, 5) is 4.12. The van der Waals surface area contributed by atoms with Crippen molar-refractivity contribution in [2.75, 3.05) is 0 Å². The zero-order valence-electron chi connectivity index (χ0n) is 12.5. The highest BCUT2D eigenvalue weighted by Crippen LogP contribution is 2.54. The van der Waals surface area contributed by atoms with Crippen LogP contribution in [0.3, 0.4) is 0 Å². The number of hydrogen-bond acceptors (Lipinski definition) is 5. The molecule has 5 nitrogen and oxygen atoms in total. The Kier molecular flexibility index (Phi) is 3.68. The molecule has 0 aromatic carbocycles. The first-order valence-electron chi connectivity index (χ1n) is 7.60. The van der Waals surface area contributed by atoms with Crippen molar-refractivity contribution in [2.24, 2.45) is 17.3 Å². The number of allylic oxidation sites excluding steroid dienone is 2. The zero-order chi connectivity index (χ0) is 16.4. The van der Waals surface area contributed by atoms with Crippen molar-refractivity contribution in [3.63, 3.8) is 0 Å². The van der Waals surface area contributed by atoms with E-state index in [4.69, 9.17) is 5.41 Å². The van der Waals surface area contributed by atoms with Gasteiger partial charge in [0, 0.05) is 18.3 Å². The molecule has 1 aromatic rings. The Hall–Kier alpha value is -2.97. The summed E-state index contributed by atoms with van der Waals surface area (Å²) in [7, 11) is 0. The molecule has 1 aromatic heterocycles. The van der Waals surface area contributed by atoms with Crippen LogP contribution in [0.2, 0.25) is 0 Å². The van der Waals surface area contributed by atoms with Gasteiger partial charge in [-0.3, -0.25) is 4.98 Å². The van der Waals surface area contributed by atoms with Crippen molar-refractivity contribution in [1.29, 1.82) is 21.2 Å². The number of hydrogen-bond donors (Lipinski definition) is 1. The molecule has 0 radical (unpaired) electrons. The topological polar surface area (TPSA) is 108 Å². The molecule has 0 saturated heterocycles. The molecule has 0 amide bonds. The molecule has 0 unspecified atom stereocenters. The van der Waals surface area contributed by atoms with E-state index in [1.54, 1.807) is 18.5 Å². The summed E-state index contributed by atoms with van der Waals surface area (Å²) < 4.78 is 0. The number of nitriles is 3. The van der Waals surface area contributed by atoms with Crippen LogP contribution in [-0.2, 0) is 0 Å². The summed E-state index contributed by atoms with van der Waals surface area (Å²) in [5.41, 5.74) is -0.0144. The maximum absolute atomic E-state index is 9.78. The van der Waals surface area contributed by atoms with E-state index < -0.39 is 17.3 Å². The minimum Gasteiger partial charge on any atom is -0.305 e. The summed E-state index contributed by atoms with van der Waals surface area (Å²) in [6, 6.07) is 9.91. The lowest BCUT2D eigenvalue weighted by atomic mass is 9.53. The van der Waals surface area contributed by atoms with E-state index in [1.165, 1.54) is 0 Å². The molecule has 5 heteroatoms. The first-order chi connectivity index (χ1) is 11.2.